The first-order chi connectivity index (χ1) is 12.1. The van der Waals surface area contributed by atoms with E-state index in [4.69, 9.17) is 19.5 Å². The van der Waals surface area contributed by atoms with Gasteiger partial charge in [0, 0.05) is 0 Å². The van der Waals surface area contributed by atoms with Crippen LogP contribution in [0.3, 0.4) is 0 Å². The maximum Gasteiger partial charge on any atom is 0.353 e. The van der Waals surface area contributed by atoms with E-state index in [9.17, 15) is 9.59 Å². The average Bonchev–Trinajstić information content (AvgIpc) is 3.15. The summed E-state index contributed by atoms with van der Waals surface area (Å²) in [6.07, 6.45) is 1.38. The molecule has 25 heavy (non-hydrogen) atoms. The molecule has 0 unspecified atom stereocenters. The van der Waals surface area contributed by atoms with E-state index < -0.39 is 11.9 Å². The number of carbonyl (C=O) groups is 2. The zero-order chi connectivity index (χ0) is 18.2. The number of thiophene rings is 1. The summed E-state index contributed by atoms with van der Waals surface area (Å²) in [7, 11) is 1.43. The van der Waals surface area contributed by atoms with Gasteiger partial charge in [-0.25, -0.2) is 9.59 Å². The highest BCUT2D eigenvalue weighted by atomic mass is 32.1. The summed E-state index contributed by atoms with van der Waals surface area (Å²) in [5.41, 5.74) is 0.407. The molecule has 0 aliphatic carbocycles. The van der Waals surface area contributed by atoms with Crippen LogP contribution >= 0.6 is 11.3 Å². The summed E-state index contributed by atoms with van der Waals surface area (Å²) in [6.45, 7) is 1.84. The summed E-state index contributed by atoms with van der Waals surface area (Å²) in [4.78, 5) is 24.2. The Morgan fingerprint density at radius 2 is 2.08 bits per heavy atom. The van der Waals surface area contributed by atoms with Crippen LogP contribution in [0.1, 0.15) is 22.2 Å². The Morgan fingerprint density at radius 1 is 1.28 bits per heavy atom. The topological polar surface area (TPSA) is 85.6 Å². The molecule has 0 bridgehead atoms. The summed E-state index contributed by atoms with van der Waals surface area (Å²) < 4.78 is 15.4. The minimum atomic E-state index is -0.697. The molecule has 0 fully saturated rings. The lowest BCUT2D eigenvalue weighted by atomic mass is 10.1. The van der Waals surface area contributed by atoms with Gasteiger partial charge in [-0.3, -0.25) is 0 Å². The minimum Gasteiger partial charge on any atom is -0.493 e. The van der Waals surface area contributed by atoms with Gasteiger partial charge in [0.15, 0.2) is 11.5 Å². The zero-order valence-corrected chi connectivity index (χ0v) is 14.5. The molecule has 0 aliphatic heterocycles. The van der Waals surface area contributed by atoms with Crippen molar-refractivity contribution >= 4 is 29.4 Å². The summed E-state index contributed by atoms with van der Waals surface area (Å²) in [5.74, 6) is -0.634. The molecule has 2 aromatic rings. The maximum atomic E-state index is 12.0. The molecule has 1 aromatic carbocycles. The molecule has 7 heteroatoms. The summed E-state index contributed by atoms with van der Waals surface area (Å²) in [6, 6.07) is 9.93. The molecule has 0 saturated heterocycles. The molecule has 0 saturated carbocycles. The Morgan fingerprint density at radius 3 is 2.68 bits per heavy atom. The molecule has 0 amide bonds. The van der Waals surface area contributed by atoms with E-state index in [2.05, 4.69) is 0 Å². The van der Waals surface area contributed by atoms with Crippen molar-refractivity contribution < 1.29 is 23.8 Å². The number of methoxy groups -OCH3 is 1. The first kappa shape index (κ1) is 18.2. The highest BCUT2D eigenvalue weighted by Gasteiger charge is 2.15. The third-order valence-corrected chi connectivity index (χ3v) is 3.89. The van der Waals surface area contributed by atoms with Gasteiger partial charge in [0.25, 0.3) is 0 Å². The standard InChI is InChI=1S/C18H15NO5S/c1-3-23-17(20)13(11-19)9-12-6-7-14(15(10-12)22-2)24-18(21)16-5-4-8-25-16/h4-10H,3H2,1-2H3/b13-9+. The van der Waals surface area contributed by atoms with Crippen LogP contribution in [0.5, 0.6) is 11.5 Å². The molecular formula is C18H15NO5S. The molecule has 1 aromatic heterocycles. The monoisotopic (exact) mass is 357 g/mol. The van der Waals surface area contributed by atoms with Crippen LogP contribution in [0, 0.1) is 11.3 Å². The van der Waals surface area contributed by atoms with Gasteiger partial charge in [0.1, 0.15) is 16.5 Å². The molecule has 0 aliphatic rings. The smallest absolute Gasteiger partial charge is 0.353 e. The lowest BCUT2D eigenvalue weighted by Crippen LogP contribution is -2.07. The van der Waals surface area contributed by atoms with Crippen LogP contribution in [0.2, 0.25) is 0 Å². The van der Waals surface area contributed by atoms with Crippen LogP contribution in [0.25, 0.3) is 6.08 Å². The quantitative estimate of drug-likeness (QED) is 0.341. The van der Waals surface area contributed by atoms with Gasteiger partial charge in [-0.05, 0) is 42.1 Å². The Hall–Kier alpha value is -3.11. The molecule has 6 nitrogen and oxygen atoms in total. The van der Waals surface area contributed by atoms with E-state index in [-0.39, 0.29) is 17.9 Å². The van der Waals surface area contributed by atoms with E-state index in [1.807, 2.05) is 0 Å². The van der Waals surface area contributed by atoms with Gasteiger partial charge in [-0.15, -0.1) is 11.3 Å². The van der Waals surface area contributed by atoms with Crippen molar-refractivity contribution in [3.63, 3.8) is 0 Å². The second kappa shape index (κ2) is 8.66. The molecule has 2 rings (SSSR count). The fourth-order valence-electron chi connectivity index (χ4n) is 1.92. The largest absolute Gasteiger partial charge is 0.493 e. The lowest BCUT2D eigenvalue weighted by molar-refractivity contribution is -0.137. The fraction of sp³-hybridized carbons (Fsp3) is 0.167. The summed E-state index contributed by atoms with van der Waals surface area (Å²) in [5, 5.41) is 10.8. The molecule has 0 atom stereocenters. The molecule has 128 valence electrons. The van der Waals surface area contributed by atoms with Crippen LogP contribution in [-0.2, 0) is 9.53 Å². The Kier molecular flexibility index (Phi) is 6.32. The molecule has 1 heterocycles. The van der Waals surface area contributed by atoms with Crippen LogP contribution in [-0.4, -0.2) is 25.7 Å². The molecular weight excluding hydrogens is 342 g/mol. The van der Waals surface area contributed by atoms with Crippen LogP contribution in [0.15, 0.2) is 41.3 Å². The SMILES string of the molecule is CCOC(=O)/C(C#N)=C/c1ccc(OC(=O)c2cccs2)c(OC)c1. The van der Waals surface area contributed by atoms with E-state index in [0.717, 1.165) is 0 Å². The van der Waals surface area contributed by atoms with Gasteiger partial charge in [-0.1, -0.05) is 12.1 Å². The van der Waals surface area contributed by atoms with Gasteiger partial charge in [0.05, 0.1) is 13.7 Å². The first-order valence-corrected chi connectivity index (χ1v) is 8.19. The molecule has 0 N–H and O–H groups in total. The molecule has 0 spiro atoms. The van der Waals surface area contributed by atoms with Crippen molar-refractivity contribution in [2.24, 2.45) is 0 Å². The van der Waals surface area contributed by atoms with E-state index in [1.54, 1.807) is 42.6 Å². The van der Waals surface area contributed by atoms with Crippen molar-refractivity contribution in [1.29, 1.82) is 5.26 Å². The van der Waals surface area contributed by atoms with Gasteiger partial charge < -0.3 is 14.2 Å². The average molecular weight is 357 g/mol. The zero-order valence-electron chi connectivity index (χ0n) is 13.6. The van der Waals surface area contributed by atoms with Crippen LogP contribution < -0.4 is 9.47 Å². The number of rotatable bonds is 6. The number of nitrogens with zero attached hydrogens (tertiary/aromatic N) is 1. The van der Waals surface area contributed by atoms with Gasteiger partial charge in [-0.2, -0.15) is 5.26 Å². The predicted molar refractivity (Wildman–Crippen MR) is 92.5 cm³/mol. The second-order valence-corrected chi connectivity index (χ2v) is 5.62. The van der Waals surface area contributed by atoms with Crippen molar-refractivity contribution in [2.75, 3.05) is 13.7 Å². The Bertz CT molecular complexity index is 834. The number of carbonyl (C=O) groups excluding carboxylic acids is 2. The number of benzene rings is 1. The van der Waals surface area contributed by atoms with Crippen LogP contribution in [0.4, 0.5) is 0 Å². The molecule has 0 radical (unpaired) electrons. The minimum absolute atomic E-state index is 0.132. The normalized spacial score (nSPS) is 10.7. The Labute approximate surface area is 148 Å². The van der Waals surface area contributed by atoms with Crippen molar-refractivity contribution in [2.45, 2.75) is 6.92 Å². The van der Waals surface area contributed by atoms with Crippen molar-refractivity contribution in [3.05, 3.63) is 51.7 Å². The Balaban J connectivity index is 2.25. The van der Waals surface area contributed by atoms with E-state index >= 15 is 0 Å². The highest BCUT2D eigenvalue weighted by molar-refractivity contribution is 7.12. The van der Waals surface area contributed by atoms with Crippen molar-refractivity contribution in [1.82, 2.24) is 0 Å². The maximum absolute atomic E-state index is 12.0. The van der Waals surface area contributed by atoms with Gasteiger partial charge in [0.2, 0.25) is 0 Å². The lowest BCUT2D eigenvalue weighted by Gasteiger charge is -2.09. The number of hydrogen-bond acceptors (Lipinski definition) is 7. The van der Waals surface area contributed by atoms with E-state index in [1.165, 1.54) is 30.6 Å². The number of nitriles is 1. The second-order valence-electron chi connectivity index (χ2n) is 4.67. The fourth-order valence-corrected chi connectivity index (χ4v) is 2.51. The number of ether oxygens (including phenoxy) is 3. The third-order valence-electron chi connectivity index (χ3n) is 3.04. The van der Waals surface area contributed by atoms with E-state index in [0.29, 0.717) is 16.2 Å². The van der Waals surface area contributed by atoms with Crippen molar-refractivity contribution in [3.8, 4) is 17.6 Å². The predicted octanol–water partition coefficient (Wildman–Crippen LogP) is 3.45. The number of hydrogen-bond donors (Lipinski definition) is 0. The highest BCUT2D eigenvalue weighted by Crippen LogP contribution is 2.30. The summed E-state index contributed by atoms with van der Waals surface area (Å²) >= 11 is 1.27. The van der Waals surface area contributed by atoms with Gasteiger partial charge >= 0.3 is 11.9 Å². The number of esters is 2. The first-order valence-electron chi connectivity index (χ1n) is 7.31. The third kappa shape index (κ3) is 4.68.